The Morgan fingerprint density at radius 2 is 2.12 bits per heavy atom. The predicted octanol–water partition coefficient (Wildman–Crippen LogP) is 2.61. The van der Waals surface area contributed by atoms with Gasteiger partial charge in [0.1, 0.15) is 5.75 Å². The number of fused-ring (bicyclic) bond motifs is 1. The first kappa shape index (κ1) is 16.3. The number of hydrogen-bond donors (Lipinski definition) is 2. The van der Waals surface area contributed by atoms with E-state index in [2.05, 4.69) is 10.6 Å². The molecule has 3 rings (SSSR count). The van der Waals surface area contributed by atoms with Crippen LogP contribution < -0.4 is 15.4 Å². The number of rotatable bonds is 7. The largest absolute Gasteiger partial charge is 0.493 e. The van der Waals surface area contributed by atoms with Gasteiger partial charge in [0.15, 0.2) is 0 Å². The van der Waals surface area contributed by atoms with Gasteiger partial charge in [-0.1, -0.05) is 18.2 Å². The number of ether oxygens (including phenoxy) is 2. The van der Waals surface area contributed by atoms with E-state index in [0.29, 0.717) is 25.3 Å². The molecule has 2 aromatic carbocycles. The molecule has 24 heavy (non-hydrogen) atoms. The first-order chi connectivity index (χ1) is 11.8. The predicted molar refractivity (Wildman–Crippen MR) is 93.6 cm³/mol. The van der Waals surface area contributed by atoms with Crippen LogP contribution in [0.1, 0.15) is 21.5 Å². The van der Waals surface area contributed by atoms with Crippen molar-refractivity contribution in [1.29, 1.82) is 0 Å². The lowest BCUT2D eigenvalue weighted by molar-refractivity contribution is 0.0951. The maximum absolute atomic E-state index is 12.4. The molecule has 1 amide bonds. The smallest absolute Gasteiger partial charge is 0.251 e. The molecule has 0 aromatic heterocycles. The molecule has 1 aliphatic heterocycles. The summed E-state index contributed by atoms with van der Waals surface area (Å²) in [6.45, 7) is 2.54. The fraction of sp³-hybridized carbons (Fsp3) is 0.316. The van der Waals surface area contributed by atoms with Gasteiger partial charge in [-0.3, -0.25) is 4.79 Å². The Morgan fingerprint density at radius 3 is 3.00 bits per heavy atom. The van der Waals surface area contributed by atoms with Crippen LogP contribution >= 0.6 is 0 Å². The lowest BCUT2D eigenvalue weighted by atomic mass is 10.1. The number of amides is 1. The number of nitrogens with one attached hydrogen (secondary N) is 2. The number of carbonyl (C=O) groups is 1. The van der Waals surface area contributed by atoms with Crippen LogP contribution in [0.5, 0.6) is 5.75 Å². The van der Waals surface area contributed by atoms with E-state index in [1.54, 1.807) is 7.11 Å². The zero-order valence-corrected chi connectivity index (χ0v) is 13.8. The van der Waals surface area contributed by atoms with E-state index in [1.165, 1.54) is 0 Å². The van der Waals surface area contributed by atoms with E-state index in [1.807, 2.05) is 42.5 Å². The molecule has 0 unspecified atom stereocenters. The van der Waals surface area contributed by atoms with Crippen LogP contribution in [-0.4, -0.2) is 32.8 Å². The normalized spacial score (nSPS) is 12.4. The van der Waals surface area contributed by atoms with Crippen LogP contribution in [0.3, 0.4) is 0 Å². The van der Waals surface area contributed by atoms with Gasteiger partial charge in [0.05, 0.1) is 13.2 Å². The number of para-hydroxylation sites is 1. The van der Waals surface area contributed by atoms with Gasteiger partial charge in [-0.25, -0.2) is 0 Å². The number of carbonyl (C=O) groups excluding carboxylic acids is 1. The van der Waals surface area contributed by atoms with Gasteiger partial charge >= 0.3 is 0 Å². The SMILES string of the molecule is COCCNc1ccccc1CNC(=O)c1ccc2c(c1)CCO2. The molecule has 0 radical (unpaired) electrons. The Bertz CT molecular complexity index is 716. The summed E-state index contributed by atoms with van der Waals surface area (Å²) >= 11 is 0. The van der Waals surface area contributed by atoms with Crippen LogP contribution in [0.15, 0.2) is 42.5 Å². The highest BCUT2D eigenvalue weighted by atomic mass is 16.5. The van der Waals surface area contributed by atoms with Crippen molar-refractivity contribution in [3.05, 3.63) is 59.2 Å². The Kier molecular flexibility index (Phi) is 5.33. The van der Waals surface area contributed by atoms with Gasteiger partial charge in [-0.15, -0.1) is 0 Å². The zero-order chi connectivity index (χ0) is 16.8. The molecule has 0 spiro atoms. The Labute approximate surface area is 142 Å². The Balaban J connectivity index is 1.62. The maximum atomic E-state index is 12.4. The molecule has 2 N–H and O–H groups in total. The molecular weight excluding hydrogens is 304 g/mol. The molecule has 0 bridgehead atoms. The van der Waals surface area contributed by atoms with Crippen LogP contribution in [-0.2, 0) is 17.7 Å². The van der Waals surface area contributed by atoms with Crippen molar-refractivity contribution in [2.24, 2.45) is 0 Å². The lowest BCUT2D eigenvalue weighted by Crippen LogP contribution is -2.23. The van der Waals surface area contributed by atoms with Gasteiger partial charge in [0.25, 0.3) is 5.91 Å². The van der Waals surface area contributed by atoms with Crippen molar-refractivity contribution in [3.63, 3.8) is 0 Å². The number of benzene rings is 2. The molecule has 1 heterocycles. The molecule has 0 atom stereocenters. The highest BCUT2D eigenvalue weighted by molar-refractivity contribution is 5.94. The van der Waals surface area contributed by atoms with Crippen molar-refractivity contribution in [2.75, 3.05) is 32.2 Å². The summed E-state index contributed by atoms with van der Waals surface area (Å²) < 4.78 is 10.5. The van der Waals surface area contributed by atoms with Gasteiger partial charge in [-0.2, -0.15) is 0 Å². The molecule has 126 valence electrons. The highest BCUT2D eigenvalue weighted by Gasteiger charge is 2.15. The van der Waals surface area contributed by atoms with Crippen molar-refractivity contribution >= 4 is 11.6 Å². The number of hydrogen-bond acceptors (Lipinski definition) is 4. The summed E-state index contributed by atoms with van der Waals surface area (Å²) in [4.78, 5) is 12.4. The molecule has 1 aliphatic rings. The standard InChI is InChI=1S/C19H22N2O3/c1-23-11-9-20-17-5-3-2-4-16(17)13-21-19(22)15-6-7-18-14(12-15)8-10-24-18/h2-7,12,20H,8-11,13H2,1H3,(H,21,22). The summed E-state index contributed by atoms with van der Waals surface area (Å²) in [5, 5.41) is 6.31. The lowest BCUT2D eigenvalue weighted by Gasteiger charge is -2.13. The third-order valence-corrected chi connectivity index (χ3v) is 4.03. The van der Waals surface area contributed by atoms with E-state index in [0.717, 1.165) is 35.5 Å². The Hall–Kier alpha value is -2.53. The van der Waals surface area contributed by atoms with E-state index < -0.39 is 0 Å². The van der Waals surface area contributed by atoms with E-state index in [-0.39, 0.29) is 5.91 Å². The van der Waals surface area contributed by atoms with Crippen molar-refractivity contribution in [2.45, 2.75) is 13.0 Å². The quantitative estimate of drug-likeness (QED) is 0.768. The minimum absolute atomic E-state index is 0.0728. The van der Waals surface area contributed by atoms with E-state index in [9.17, 15) is 4.79 Å². The third-order valence-electron chi connectivity index (χ3n) is 4.03. The first-order valence-electron chi connectivity index (χ1n) is 8.12. The average molecular weight is 326 g/mol. The van der Waals surface area contributed by atoms with Crippen LogP contribution in [0.4, 0.5) is 5.69 Å². The molecule has 0 fully saturated rings. The molecule has 0 saturated heterocycles. The third kappa shape index (κ3) is 3.86. The van der Waals surface area contributed by atoms with Gasteiger partial charge in [0.2, 0.25) is 0 Å². The summed E-state index contributed by atoms with van der Waals surface area (Å²) in [5.74, 6) is 0.815. The number of methoxy groups -OCH3 is 1. The highest BCUT2D eigenvalue weighted by Crippen LogP contribution is 2.25. The molecule has 0 aliphatic carbocycles. The number of anilines is 1. The second-order valence-electron chi connectivity index (χ2n) is 5.68. The summed E-state index contributed by atoms with van der Waals surface area (Å²) in [7, 11) is 1.68. The molecule has 5 heteroatoms. The second kappa shape index (κ2) is 7.84. The second-order valence-corrected chi connectivity index (χ2v) is 5.68. The summed E-state index contributed by atoms with van der Waals surface area (Å²) in [6, 6.07) is 13.5. The fourth-order valence-electron chi connectivity index (χ4n) is 2.74. The van der Waals surface area contributed by atoms with Crippen LogP contribution in [0.25, 0.3) is 0 Å². The molecular formula is C19H22N2O3. The van der Waals surface area contributed by atoms with Gasteiger partial charge in [0, 0.05) is 37.9 Å². The molecule has 0 saturated carbocycles. The summed E-state index contributed by atoms with van der Waals surface area (Å²) in [6.07, 6.45) is 0.864. The van der Waals surface area contributed by atoms with Crippen LogP contribution in [0, 0.1) is 0 Å². The summed E-state index contributed by atoms with van der Waals surface area (Å²) in [5.41, 5.74) is 3.83. The average Bonchev–Trinajstić information content (AvgIpc) is 3.08. The topological polar surface area (TPSA) is 59.6 Å². The van der Waals surface area contributed by atoms with E-state index in [4.69, 9.17) is 9.47 Å². The van der Waals surface area contributed by atoms with Crippen molar-refractivity contribution in [3.8, 4) is 5.75 Å². The van der Waals surface area contributed by atoms with Crippen LogP contribution in [0.2, 0.25) is 0 Å². The minimum atomic E-state index is -0.0728. The van der Waals surface area contributed by atoms with Gasteiger partial charge in [-0.05, 0) is 35.4 Å². The van der Waals surface area contributed by atoms with Crippen molar-refractivity contribution < 1.29 is 14.3 Å². The van der Waals surface area contributed by atoms with Crippen molar-refractivity contribution in [1.82, 2.24) is 5.32 Å². The first-order valence-corrected chi connectivity index (χ1v) is 8.12. The Morgan fingerprint density at radius 1 is 1.25 bits per heavy atom. The van der Waals surface area contributed by atoms with Gasteiger partial charge < -0.3 is 20.1 Å². The zero-order valence-electron chi connectivity index (χ0n) is 13.8. The monoisotopic (exact) mass is 326 g/mol. The van der Waals surface area contributed by atoms with E-state index >= 15 is 0 Å². The maximum Gasteiger partial charge on any atom is 0.251 e. The minimum Gasteiger partial charge on any atom is -0.493 e. The molecule has 2 aromatic rings. The fourth-order valence-corrected chi connectivity index (χ4v) is 2.74. The molecule has 5 nitrogen and oxygen atoms in total.